The Morgan fingerprint density at radius 3 is 2.64 bits per heavy atom. The van der Waals surface area contributed by atoms with Crippen LogP contribution in [0, 0.1) is 0 Å². The lowest BCUT2D eigenvalue weighted by Gasteiger charge is -2.12. The van der Waals surface area contributed by atoms with Gasteiger partial charge >= 0.3 is 0 Å². The summed E-state index contributed by atoms with van der Waals surface area (Å²) >= 11 is 0. The van der Waals surface area contributed by atoms with Crippen molar-refractivity contribution in [3.05, 3.63) is 29.8 Å². The average molecular weight is 306 g/mol. The lowest BCUT2D eigenvalue weighted by Crippen LogP contribution is -2.27. The van der Waals surface area contributed by atoms with Gasteiger partial charge in [0, 0.05) is 13.1 Å². The van der Waals surface area contributed by atoms with E-state index in [9.17, 15) is 0 Å². The number of nitrogens with one attached hydrogen (secondary N) is 1. The zero-order valence-electron chi connectivity index (χ0n) is 14.4. The van der Waals surface area contributed by atoms with Gasteiger partial charge in [0.1, 0.15) is 0 Å². The van der Waals surface area contributed by atoms with Crippen molar-refractivity contribution in [1.82, 2.24) is 10.2 Å². The van der Waals surface area contributed by atoms with Gasteiger partial charge in [-0.1, -0.05) is 18.2 Å². The third-order valence-electron chi connectivity index (χ3n) is 3.29. The van der Waals surface area contributed by atoms with Gasteiger partial charge in [0.25, 0.3) is 0 Å². The number of ether oxygens (including phenoxy) is 2. The topological polar surface area (TPSA) is 33.7 Å². The number of rotatable bonds is 11. The molecule has 0 unspecified atom stereocenters. The van der Waals surface area contributed by atoms with Crippen molar-refractivity contribution >= 4 is 6.08 Å². The molecule has 4 nitrogen and oxygen atoms in total. The SMILES string of the molecule is CC=Cc1ccc(OCCCCNCCN(C)C)c(OC)c1. The van der Waals surface area contributed by atoms with Gasteiger partial charge in [-0.3, -0.25) is 0 Å². The van der Waals surface area contributed by atoms with E-state index in [1.807, 2.05) is 37.3 Å². The molecule has 0 radical (unpaired) electrons. The maximum Gasteiger partial charge on any atom is 0.161 e. The molecule has 0 saturated carbocycles. The monoisotopic (exact) mass is 306 g/mol. The molecule has 1 rings (SSSR count). The Morgan fingerprint density at radius 1 is 1.14 bits per heavy atom. The molecule has 0 aliphatic rings. The van der Waals surface area contributed by atoms with Gasteiger partial charge in [-0.25, -0.2) is 0 Å². The summed E-state index contributed by atoms with van der Waals surface area (Å²) < 4.78 is 11.2. The summed E-state index contributed by atoms with van der Waals surface area (Å²) in [6, 6.07) is 6.02. The van der Waals surface area contributed by atoms with E-state index < -0.39 is 0 Å². The fraction of sp³-hybridized carbons (Fsp3) is 0.556. The minimum Gasteiger partial charge on any atom is -0.493 e. The van der Waals surface area contributed by atoms with Crippen LogP contribution in [0.2, 0.25) is 0 Å². The van der Waals surface area contributed by atoms with E-state index in [0.29, 0.717) is 6.61 Å². The lowest BCUT2D eigenvalue weighted by molar-refractivity contribution is 0.285. The first-order valence-corrected chi connectivity index (χ1v) is 7.96. The van der Waals surface area contributed by atoms with Crippen LogP contribution in [0.4, 0.5) is 0 Å². The molecule has 0 amide bonds. The molecule has 0 atom stereocenters. The largest absolute Gasteiger partial charge is 0.493 e. The van der Waals surface area contributed by atoms with E-state index in [1.165, 1.54) is 0 Å². The predicted molar refractivity (Wildman–Crippen MR) is 93.9 cm³/mol. The first-order chi connectivity index (χ1) is 10.7. The summed E-state index contributed by atoms with van der Waals surface area (Å²) in [5, 5.41) is 3.43. The summed E-state index contributed by atoms with van der Waals surface area (Å²) in [5.74, 6) is 1.61. The van der Waals surface area contributed by atoms with E-state index in [-0.39, 0.29) is 0 Å². The van der Waals surface area contributed by atoms with Crippen LogP contribution in [0.3, 0.4) is 0 Å². The number of unbranched alkanes of at least 4 members (excludes halogenated alkanes) is 1. The quantitative estimate of drug-likeness (QED) is 0.637. The Morgan fingerprint density at radius 2 is 1.95 bits per heavy atom. The Hall–Kier alpha value is -1.52. The van der Waals surface area contributed by atoms with Crippen molar-refractivity contribution in [2.75, 3.05) is 47.4 Å². The first-order valence-electron chi connectivity index (χ1n) is 7.96. The summed E-state index contributed by atoms with van der Waals surface area (Å²) in [4.78, 5) is 2.18. The zero-order valence-corrected chi connectivity index (χ0v) is 14.4. The highest BCUT2D eigenvalue weighted by atomic mass is 16.5. The van der Waals surface area contributed by atoms with E-state index in [2.05, 4.69) is 24.3 Å². The van der Waals surface area contributed by atoms with Crippen LogP contribution in [-0.2, 0) is 0 Å². The second-order valence-electron chi connectivity index (χ2n) is 5.52. The van der Waals surface area contributed by atoms with Crippen molar-refractivity contribution in [2.24, 2.45) is 0 Å². The predicted octanol–water partition coefficient (Wildman–Crippen LogP) is 3.04. The molecule has 0 aliphatic heterocycles. The molecule has 0 aliphatic carbocycles. The maximum atomic E-state index is 5.82. The second-order valence-corrected chi connectivity index (χ2v) is 5.52. The highest BCUT2D eigenvalue weighted by molar-refractivity contribution is 5.55. The van der Waals surface area contributed by atoms with Gasteiger partial charge in [0.15, 0.2) is 11.5 Å². The van der Waals surface area contributed by atoms with Crippen molar-refractivity contribution in [1.29, 1.82) is 0 Å². The molecule has 1 aromatic rings. The van der Waals surface area contributed by atoms with Gasteiger partial charge in [0.05, 0.1) is 13.7 Å². The number of nitrogens with zero attached hydrogens (tertiary/aromatic N) is 1. The standard InChI is InChI=1S/C18H30N2O2/c1-5-8-16-9-10-17(18(15-16)21-4)22-14-7-6-11-19-12-13-20(2)3/h5,8-10,15,19H,6-7,11-14H2,1-4H3. The molecule has 4 heteroatoms. The Labute approximate surface area is 135 Å². The molecule has 0 spiro atoms. The number of hydrogen-bond acceptors (Lipinski definition) is 4. The fourth-order valence-corrected chi connectivity index (χ4v) is 2.06. The van der Waals surface area contributed by atoms with Crippen LogP contribution in [-0.4, -0.2) is 52.3 Å². The Bertz CT molecular complexity index is 445. The van der Waals surface area contributed by atoms with Gasteiger partial charge in [-0.05, 0) is 58.1 Å². The van der Waals surface area contributed by atoms with Gasteiger partial charge in [0.2, 0.25) is 0 Å². The second kappa shape index (κ2) is 11.1. The van der Waals surface area contributed by atoms with E-state index in [1.54, 1.807) is 7.11 Å². The van der Waals surface area contributed by atoms with E-state index >= 15 is 0 Å². The van der Waals surface area contributed by atoms with Crippen LogP contribution in [0.15, 0.2) is 24.3 Å². The first kappa shape index (κ1) is 18.5. The number of methoxy groups -OCH3 is 1. The summed E-state index contributed by atoms with van der Waals surface area (Å²) in [5.41, 5.74) is 1.12. The molecule has 0 saturated heterocycles. The number of benzene rings is 1. The average Bonchev–Trinajstić information content (AvgIpc) is 2.50. The minimum atomic E-state index is 0.717. The fourth-order valence-electron chi connectivity index (χ4n) is 2.06. The summed E-state index contributed by atoms with van der Waals surface area (Å²) in [7, 11) is 5.85. The highest BCUT2D eigenvalue weighted by Gasteiger charge is 2.04. The Balaban J connectivity index is 2.24. The van der Waals surface area contributed by atoms with Gasteiger partial charge in [-0.2, -0.15) is 0 Å². The minimum absolute atomic E-state index is 0.717. The van der Waals surface area contributed by atoms with Crippen LogP contribution < -0.4 is 14.8 Å². The van der Waals surface area contributed by atoms with Crippen molar-refractivity contribution in [3.63, 3.8) is 0 Å². The lowest BCUT2D eigenvalue weighted by atomic mass is 10.2. The van der Waals surface area contributed by atoms with Gasteiger partial charge in [-0.15, -0.1) is 0 Å². The molecule has 22 heavy (non-hydrogen) atoms. The number of hydrogen-bond donors (Lipinski definition) is 1. The van der Waals surface area contributed by atoms with E-state index in [0.717, 1.165) is 49.5 Å². The summed E-state index contributed by atoms with van der Waals surface area (Å²) in [6.07, 6.45) is 6.21. The smallest absolute Gasteiger partial charge is 0.161 e. The van der Waals surface area contributed by atoms with Crippen LogP contribution in [0.1, 0.15) is 25.3 Å². The Kier molecular flexibility index (Phi) is 9.35. The molecule has 1 aromatic carbocycles. The van der Waals surface area contributed by atoms with Crippen LogP contribution in [0.5, 0.6) is 11.5 Å². The molecule has 0 bridgehead atoms. The van der Waals surface area contributed by atoms with E-state index in [4.69, 9.17) is 9.47 Å². The third kappa shape index (κ3) is 7.48. The maximum absolute atomic E-state index is 5.82. The zero-order chi connectivity index (χ0) is 16.2. The van der Waals surface area contributed by atoms with Crippen molar-refractivity contribution in [3.8, 4) is 11.5 Å². The normalized spacial score (nSPS) is 11.3. The molecule has 0 aromatic heterocycles. The van der Waals surface area contributed by atoms with Crippen LogP contribution >= 0.6 is 0 Å². The van der Waals surface area contributed by atoms with Crippen molar-refractivity contribution in [2.45, 2.75) is 19.8 Å². The molecule has 124 valence electrons. The number of allylic oxidation sites excluding steroid dienone is 1. The molecule has 0 fully saturated rings. The molecule has 0 heterocycles. The number of likely N-dealkylation sites (N-methyl/N-ethyl adjacent to an activating group) is 1. The van der Waals surface area contributed by atoms with Gasteiger partial charge < -0.3 is 19.7 Å². The van der Waals surface area contributed by atoms with Crippen molar-refractivity contribution < 1.29 is 9.47 Å². The van der Waals surface area contributed by atoms with Crippen LogP contribution in [0.25, 0.3) is 6.08 Å². The molecular weight excluding hydrogens is 276 g/mol. The molecular formula is C18H30N2O2. The molecule has 1 N–H and O–H groups in total. The third-order valence-corrected chi connectivity index (χ3v) is 3.29. The summed E-state index contributed by atoms with van der Waals surface area (Å²) in [6.45, 7) is 5.87. The highest BCUT2D eigenvalue weighted by Crippen LogP contribution is 2.28.